The van der Waals surface area contributed by atoms with Crippen LogP contribution >= 0.6 is 0 Å². The quantitative estimate of drug-likeness (QED) is 0.764. The molecule has 0 aromatic carbocycles. The van der Waals surface area contributed by atoms with Gasteiger partial charge in [-0.05, 0) is 30.7 Å². The molecule has 18 heavy (non-hydrogen) atoms. The number of hydrogen-bond acceptors (Lipinski definition) is 2. The van der Waals surface area contributed by atoms with E-state index in [1.807, 2.05) is 58.0 Å². The first-order valence-electron chi connectivity index (χ1n) is 5.99. The van der Waals surface area contributed by atoms with Crippen LogP contribution in [0.15, 0.2) is 49.1 Å². The van der Waals surface area contributed by atoms with E-state index in [2.05, 4.69) is 4.98 Å². The Bertz CT molecular complexity index is 633. The van der Waals surface area contributed by atoms with Crippen molar-refractivity contribution in [2.75, 3.05) is 0 Å². The molecule has 0 amide bonds. The first-order chi connectivity index (χ1) is 8.72. The highest BCUT2D eigenvalue weighted by molar-refractivity contribution is 5.39. The zero-order valence-electron chi connectivity index (χ0n) is 10.2. The largest absolute Gasteiger partial charge is 0.389 e. The van der Waals surface area contributed by atoms with Gasteiger partial charge in [0.2, 0.25) is 0 Å². The summed E-state index contributed by atoms with van der Waals surface area (Å²) in [6.07, 6.45) is 7.51. The number of imidazole rings is 1. The van der Waals surface area contributed by atoms with Crippen LogP contribution in [0.25, 0.3) is 5.65 Å². The molecule has 0 saturated heterocycles. The number of aliphatic hydroxyl groups excluding tert-OH is 1. The summed E-state index contributed by atoms with van der Waals surface area (Å²) in [5.41, 5.74) is 2.89. The smallest absolute Gasteiger partial charge is 0.137 e. The van der Waals surface area contributed by atoms with Crippen molar-refractivity contribution in [1.29, 1.82) is 0 Å². The highest BCUT2D eigenvalue weighted by Crippen LogP contribution is 2.13. The zero-order valence-corrected chi connectivity index (χ0v) is 10.2. The monoisotopic (exact) mass is 241 g/mol. The minimum atomic E-state index is -0.424. The van der Waals surface area contributed by atoms with Gasteiger partial charge in [-0.3, -0.25) is 0 Å². The molecule has 92 valence electrons. The fourth-order valence-corrected chi connectivity index (χ4v) is 2.06. The van der Waals surface area contributed by atoms with E-state index in [0.717, 1.165) is 16.9 Å². The molecule has 1 atom stereocenters. The minimum absolute atomic E-state index is 0.424. The van der Waals surface area contributed by atoms with Gasteiger partial charge in [0.05, 0.1) is 18.3 Å². The molecule has 0 aliphatic carbocycles. The first kappa shape index (κ1) is 11.0. The maximum Gasteiger partial charge on any atom is 0.137 e. The number of rotatable bonds is 3. The molecule has 3 rings (SSSR count). The second-order valence-electron chi connectivity index (χ2n) is 4.49. The summed E-state index contributed by atoms with van der Waals surface area (Å²) < 4.78 is 4.04. The molecule has 0 saturated carbocycles. The highest BCUT2D eigenvalue weighted by atomic mass is 16.3. The van der Waals surface area contributed by atoms with Crippen molar-refractivity contribution in [3.63, 3.8) is 0 Å². The van der Waals surface area contributed by atoms with Gasteiger partial charge in [0.15, 0.2) is 0 Å². The molecule has 0 aliphatic heterocycles. The van der Waals surface area contributed by atoms with Crippen molar-refractivity contribution in [2.45, 2.75) is 19.6 Å². The highest BCUT2D eigenvalue weighted by Gasteiger charge is 2.05. The topological polar surface area (TPSA) is 42.5 Å². The van der Waals surface area contributed by atoms with Gasteiger partial charge in [-0.15, -0.1) is 0 Å². The Morgan fingerprint density at radius 3 is 2.83 bits per heavy atom. The van der Waals surface area contributed by atoms with Gasteiger partial charge in [0, 0.05) is 24.8 Å². The fraction of sp³-hybridized carbons (Fsp3) is 0.214. The van der Waals surface area contributed by atoms with Crippen molar-refractivity contribution in [3.05, 3.63) is 60.3 Å². The third-order valence-electron chi connectivity index (χ3n) is 3.01. The van der Waals surface area contributed by atoms with E-state index in [1.165, 1.54) is 0 Å². The van der Waals surface area contributed by atoms with Gasteiger partial charge < -0.3 is 14.1 Å². The molecule has 1 unspecified atom stereocenters. The third kappa shape index (κ3) is 2.02. The summed E-state index contributed by atoms with van der Waals surface area (Å²) in [5, 5.41) is 9.48. The fourth-order valence-electron chi connectivity index (χ4n) is 2.06. The summed E-state index contributed by atoms with van der Waals surface area (Å²) in [7, 11) is 0. The molecule has 0 fully saturated rings. The van der Waals surface area contributed by atoms with Crippen molar-refractivity contribution in [1.82, 2.24) is 14.0 Å². The van der Waals surface area contributed by atoms with Gasteiger partial charge >= 0.3 is 0 Å². The summed E-state index contributed by atoms with van der Waals surface area (Å²) in [6, 6.07) is 7.88. The molecular formula is C14H15N3O. The Morgan fingerprint density at radius 1 is 1.22 bits per heavy atom. The average Bonchev–Trinajstić information content (AvgIpc) is 2.94. The molecule has 3 aromatic heterocycles. The molecule has 0 aliphatic rings. The number of pyridine rings is 1. The van der Waals surface area contributed by atoms with E-state index in [0.29, 0.717) is 6.54 Å². The Balaban J connectivity index is 1.86. The minimum Gasteiger partial charge on any atom is -0.389 e. The van der Waals surface area contributed by atoms with Crippen LogP contribution in [-0.4, -0.2) is 19.1 Å². The van der Waals surface area contributed by atoms with Gasteiger partial charge in [-0.2, -0.15) is 0 Å². The van der Waals surface area contributed by atoms with Crippen LogP contribution in [0, 0.1) is 0 Å². The van der Waals surface area contributed by atoms with E-state index in [9.17, 15) is 5.11 Å². The number of nitrogens with zero attached hydrogens (tertiary/aromatic N) is 3. The van der Waals surface area contributed by atoms with E-state index in [1.54, 1.807) is 6.92 Å². The molecule has 3 heterocycles. The molecule has 0 spiro atoms. The normalized spacial score (nSPS) is 13.0. The van der Waals surface area contributed by atoms with Crippen LogP contribution in [0.5, 0.6) is 0 Å². The van der Waals surface area contributed by atoms with Crippen molar-refractivity contribution in [3.8, 4) is 0 Å². The van der Waals surface area contributed by atoms with Crippen LogP contribution < -0.4 is 0 Å². The average molecular weight is 241 g/mol. The van der Waals surface area contributed by atoms with E-state index in [-0.39, 0.29) is 0 Å². The van der Waals surface area contributed by atoms with Crippen LogP contribution in [0.4, 0.5) is 0 Å². The number of fused-ring (bicyclic) bond motifs is 1. The zero-order chi connectivity index (χ0) is 12.5. The van der Waals surface area contributed by atoms with Crippen molar-refractivity contribution < 1.29 is 5.11 Å². The Labute approximate surface area is 105 Å². The van der Waals surface area contributed by atoms with E-state index in [4.69, 9.17) is 0 Å². The van der Waals surface area contributed by atoms with Gasteiger partial charge in [-0.25, -0.2) is 4.98 Å². The van der Waals surface area contributed by atoms with Crippen LogP contribution in [0.3, 0.4) is 0 Å². The molecule has 4 nitrogen and oxygen atoms in total. The third-order valence-corrected chi connectivity index (χ3v) is 3.01. The second-order valence-corrected chi connectivity index (χ2v) is 4.49. The standard InChI is InChI=1S/C14H15N3O/c1-11(18)12-5-7-16(8-12)9-13-10-17-6-3-2-4-14(17)15-13/h2-8,10-11,18H,9H2,1H3. The molecule has 0 bridgehead atoms. The van der Waals surface area contributed by atoms with Crippen LogP contribution in [0.2, 0.25) is 0 Å². The SMILES string of the molecule is CC(O)c1ccn(Cc2cn3ccccc3n2)c1. The summed E-state index contributed by atoms with van der Waals surface area (Å²) in [4.78, 5) is 4.54. The predicted molar refractivity (Wildman–Crippen MR) is 69.4 cm³/mol. The summed E-state index contributed by atoms with van der Waals surface area (Å²) >= 11 is 0. The lowest BCUT2D eigenvalue weighted by molar-refractivity contribution is 0.199. The van der Waals surface area contributed by atoms with Crippen molar-refractivity contribution in [2.24, 2.45) is 0 Å². The number of aromatic nitrogens is 3. The number of aliphatic hydroxyl groups is 1. The van der Waals surface area contributed by atoms with Crippen LogP contribution in [-0.2, 0) is 6.54 Å². The maximum atomic E-state index is 9.48. The van der Waals surface area contributed by atoms with Gasteiger partial charge in [-0.1, -0.05) is 6.07 Å². The Morgan fingerprint density at radius 2 is 2.11 bits per heavy atom. The summed E-state index contributed by atoms with van der Waals surface area (Å²) in [5.74, 6) is 0. The van der Waals surface area contributed by atoms with Crippen LogP contribution in [0.1, 0.15) is 24.3 Å². The molecule has 3 aromatic rings. The van der Waals surface area contributed by atoms with E-state index >= 15 is 0 Å². The lowest BCUT2D eigenvalue weighted by Gasteiger charge is -2.00. The lowest BCUT2D eigenvalue weighted by Crippen LogP contribution is -1.97. The molecule has 0 radical (unpaired) electrons. The van der Waals surface area contributed by atoms with E-state index < -0.39 is 6.10 Å². The van der Waals surface area contributed by atoms with Gasteiger partial charge in [0.25, 0.3) is 0 Å². The second kappa shape index (κ2) is 4.31. The Hall–Kier alpha value is -2.07. The Kier molecular flexibility index (Phi) is 2.64. The molecular weight excluding hydrogens is 226 g/mol. The molecule has 1 N–H and O–H groups in total. The summed E-state index contributed by atoms with van der Waals surface area (Å²) in [6.45, 7) is 2.49. The maximum absolute atomic E-state index is 9.48. The van der Waals surface area contributed by atoms with Gasteiger partial charge in [0.1, 0.15) is 5.65 Å². The van der Waals surface area contributed by atoms with Crippen molar-refractivity contribution >= 4 is 5.65 Å². The first-order valence-corrected chi connectivity index (χ1v) is 5.99. The molecule has 4 heteroatoms. The predicted octanol–water partition coefficient (Wildman–Crippen LogP) is 2.24. The lowest BCUT2D eigenvalue weighted by atomic mass is 10.2. The number of hydrogen-bond donors (Lipinski definition) is 1.